The lowest BCUT2D eigenvalue weighted by Gasteiger charge is -2.25. The van der Waals surface area contributed by atoms with Crippen molar-refractivity contribution in [2.45, 2.75) is 11.0 Å². The molecule has 2 unspecified atom stereocenters. The predicted molar refractivity (Wildman–Crippen MR) is 47.6 cm³/mol. The molecule has 0 amide bonds. The van der Waals surface area contributed by atoms with E-state index in [0.717, 1.165) is 5.56 Å². The van der Waals surface area contributed by atoms with Gasteiger partial charge in [-0.3, -0.25) is 5.73 Å². The molecule has 2 atom stereocenters. The van der Waals surface area contributed by atoms with Crippen LogP contribution in [0.25, 0.3) is 0 Å². The SMILES string of the molecule is NC1Oc2ccccc2C(O)S1. The summed E-state index contributed by atoms with van der Waals surface area (Å²) in [5.41, 5.74) is 5.29. The summed E-state index contributed by atoms with van der Waals surface area (Å²) in [4.78, 5) is 0. The Labute approximate surface area is 74.5 Å². The molecule has 4 heteroatoms. The summed E-state index contributed by atoms with van der Waals surface area (Å²) < 4.78 is 5.28. The van der Waals surface area contributed by atoms with Gasteiger partial charge in [-0.25, -0.2) is 0 Å². The number of rotatable bonds is 0. The quantitative estimate of drug-likeness (QED) is 0.631. The van der Waals surface area contributed by atoms with Crippen LogP contribution in [0, 0.1) is 0 Å². The van der Waals surface area contributed by atoms with Crippen molar-refractivity contribution in [3.8, 4) is 5.75 Å². The summed E-state index contributed by atoms with van der Waals surface area (Å²) >= 11 is 1.19. The maximum Gasteiger partial charge on any atom is 0.198 e. The number of thioether (sulfide) groups is 1. The molecule has 3 nitrogen and oxygen atoms in total. The number of para-hydroxylation sites is 1. The van der Waals surface area contributed by atoms with Gasteiger partial charge in [0, 0.05) is 5.56 Å². The lowest BCUT2D eigenvalue weighted by atomic mass is 10.2. The fraction of sp³-hybridized carbons (Fsp3) is 0.250. The van der Waals surface area contributed by atoms with E-state index in [1.807, 2.05) is 18.2 Å². The van der Waals surface area contributed by atoms with E-state index in [9.17, 15) is 5.11 Å². The second kappa shape index (κ2) is 2.97. The molecule has 64 valence electrons. The van der Waals surface area contributed by atoms with E-state index in [1.54, 1.807) is 6.07 Å². The van der Waals surface area contributed by atoms with Crippen molar-refractivity contribution in [2.24, 2.45) is 5.73 Å². The first-order valence-electron chi connectivity index (χ1n) is 3.62. The summed E-state index contributed by atoms with van der Waals surface area (Å²) in [5.74, 6) is 0.677. The summed E-state index contributed by atoms with van der Waals surface area (Å²) in [6, 6.07) is 7.36. The normalized spacial score (nSPS) is 27.5. The Morgan fingerprint density at radius 3 is 3.00 bits per heavy atom. The van der Waals surface area contributed by atoms with Gasteiger partial charge in [0.1, 0.15) is 11.2 Å². The van der Waals surface area contributed by atoms with Gasteiger partial charge in [0.15, 0.2) is 5.56 Å². The lowest BCUT2D eigenvalue weighted by Crippen LogP contribution is -2.28. The third-order valence-corrected chi connectivity index (χ3v) is 2.57. The van der Waals surface area contributed by atoms with Gasteiger partial charge < -0.3 is 9.84 Å². The highest BCUT2D eigenvalue weighted by Gasteiger charge is 2.23. The molecule has 1 heterocycles. The summed E-state index contributed by atoms with van der Waals surface area (Å²) in [7, 11) is 0. The highest BCUT2D eigenvalue weighted by atomic mass is 32.2. The monoisotopic (exact) mass is 183 g/mol. The van der Waals surface area contributed by atoms with Crippen LogP contribution < -0.4 is 10.5 Å². The number of aliphatic hydroxyl groups is 1. The first kappa shape index (κ1) is 7.91. The van der Waals surface area contributed by atoms with Gasteiger partial charge in [-0.1, -0.05) is 30.0 Å². The minimum Gasteiger partial charge on any atom is -0.466 e. The van der Waals surface area contributed by atoms with Gasteiger partial charge in [0.2, 0.25) is 0 Å². The molecule has 0 spiro atoms. The summed E-state index contributed by atoms with van der Waals surface area (Å²) in [6.45, 7) is 0. The largest absolute Gasteiger partial charge is 0.466 e. The van der Waals surface area contributed by atoms with Crippen molar-refractivity contribution in [1.29, 1.82) is 0 Å². The highest BCUT2D eigenvalue weighted by Crippen LogP contribution is 2.39. The molecule has 2 rings (SSSR count). The van der Waals surface area contributed by atoms with Gasteiger partial charge in [-0.05, 0) is 6.07 Å². The van der Waals surface area contributed by atoms with Crippen molar-refractivity contribution >= 4 is 11.8 Å². The van der Waals surface area contributed by atoms with Crippen LogP contribution in [-0.2, 0) is 0 Å². The van der Waals surface area contributed by atoms with E-state index in [4.69, 9.17) is 10.5 Å². The Morgan fingerprint density at radius 2 is 2.17 bits per heavy atom. The Balaban J connectivity index is 2.40. The van der Waals surface area contributed by atoms with Crippen molar-refractivity contribution in [1.82, 2.24) is 0 Å². The Kier molecular flexibility index (Phi) is 1.96. The number of hydrogen-bond donors (Lipinski definition) is 2. The molecule has 1 aliphatic heterocycles. The molecule has 0 aliphatic carbocycles. The number of benzene rings is 1. The number of nitrogens with two attached hydrogens (primary N) is 1. The Hall–Kier alpha value is -0.710. The minimum atomic E-state index is -0.565. The summed E-state index contributed by atoms with van der Waals surface area (Å²) in [6.07, 6.45) is 0. The molecule has 0 radical (unpaired) electrons. The van der Waals surface area contributed by atoms with E-state index >= 15 is 0 Å². The zero-order chi connectivity index (χ0) is 8.55. The number of ether oxygens (including phenoxy) is 1. The molecule has 12 heavy (non-hydrogen) atoms. The van der Waals surface area contributed by atoms with Crippen LogP contribution in [0.15, 0.2) is 24.3 Å². The fourth-order valence-corrected chi connectivity index (χ4v) is 1.90. The van der Waals surface area contributed by atoms with Crippen molar-refractivity contribution in [3.63, 3.8) is 0 Å². The van der Waals surface area contributed by atoms with E-state index < -0.39 is 11.0 Å². The molecule has 1 aromatic rings. The van der Waals surface area contributed by atoms with Crippen LogP contribution in [0.5, 0.6) is 5.75 Å². The third-order valence-electron chi connectivity index (χ3n) is 1.69. The van der Waals surface area contributed by atoms with Crippen molar-refractivity contribution < 1.29 is 9.84 Å². The molecule has 0 aromatic heterocycles. The van der Waals surface area contributed by atoms with E-state index in [0.29, 0.717) is 5.75 Å². The van der Waals surface area contributed by atoms with E-state index in [2.05, 4.69) is 0 Å². The van der Waals surface area contributed by atoms with Crippen molar-refractivity contribution in [2.75, 3.05) is 0 Å². The minimum absolute atomic E-state index is 0.463. The smallest absolute Gasteiger partial charge is 0.198 e. The second-order valence-electron chi connectivity index (χ2n) is 2.51. The van der Waals surface area contributed by atoms with Crippen LogP contribution in [-0.4, -0.2) is 10.7 Å². The van der Waals surface area contributed by atoms with Crippen LogP contribution in [0.1, 0.15) is 11.0 Å². The lowest BCUT2D eigenvalue weighted by molar-refractivity contribution is 0.221. The molecule has 0 saturated heterocycles. The third kappa shape index (κ3) is 1.29. The predicted octanol–water partition coefficient (Wildman–Crippen LogP) is 1.05. The first-order chi connectivity index (χ1) is 5.77. The summed E-state index contributed by atoms with van der Waals surface area (Å²) in [5, 5.41) is 9.53. The molecule has 0 saturated carbocycles. The fourth-order valence-electron chi connectivity index (χ4n) is 1.15. The van der Waals surface area contributed by atoms with E-state index in [1.165, 1.54) is 11.8 Å². The van der Waals surface area contributed by atoms with Gasteiger partial charge in [-0.2, -0.15) is 0 Å². The molecule has 3 N–H and O–H groups in total. The molecular formula is C8H9NO2S. The van der Waals surface area contributed by atoms with Crippen molar-refractivity contribution in [3.05, 3.63) is 29.8 Å². The average Bonchev–Trinajstić information content (AvgIpc) is 2.04. The number of aliphatic hydroxyl groups excluding tert-OH is 1. The van der Waals surface area contributed by atoms with Gasteiger partial charge in [0.25, 0.3) is 0 Å². The topological polar surface area (TPSA) is 55.5 Å². The average molecular weight is 183 g/mol. The molecule has 0 fully saturated rings. The Bertz CT molecular complexity index is 292. The van der Waals surface area contributed by atoms with E-state index in [-0.39, 0.29) is 0 Å². The van der Waals surface area contributed by atoms with Crippen LogP contribution >= 0.6 is 11.8 Å². The maximum absolute atomic E-state index is 9.53. The zero-order valence-corrected chi connectivity index (χ0v) is 7.12. The van der Waals surface area contributed by atoms with Crippen LogP contribution in [0.3, 0.4) is 0 Å². The molecule has 1 aromatic carbocycles. The maximum atomic E-state index is 9.53. The standard InChI is InChI=1S/C8H9NO2S/c9-8-11-6-4-2-1-3-5(6)7(10)12-8/h1-4,7-8,10H,9H2. The number of fused-ring (bicyclic) bond motifs is 1. The zero-order valence-electron chi connectivity index (χ0n) is 6.31. The van der Waals surface area contributed by atoms with Crippen LogP contribution in [0.4, 0.5) is 0 Å². The first-order valence-corrected chi connectivity index (χ1v) is 4.56. The van der Waals surface area contributed by atoms with Crippen LogP contribution in [0.2, 0.25) is 0 Å². The highest BCUT2D eigenvalue weighted by molar-refractivity contribution is 7.99. The Morgan fingerprint density at radius 1 is 1.42 bits per heavy atom. The molecule has 1 aliphatic rings. The van der Waals surface area contributed by atoms with Gasteiger partial charge >= 0.3 is 0 Å². The number of hydrogen-bond acceptors (Lipinski definition) is 4. The van der Waals surface area contributed by atoms with Gasteiger partial charge in [0.05, 0.1) is 0 Å². The second-order valence-corrected chi connectivity index (χ2v) is 3.70. The van der Waals surface area contributed by atoms with Gasteiger partial charge in [-0.15, -0.1) is 0 Å². The molecule has 0 bridgehead atoms. The molecular weight excluding hydrogens is 174 g/mol.